The van der Waals surface area contributed by atoms with Crippen molar-refractivity contribution >= 4 is 5.96 Å². The first-order valence-electron chi connectivity index (χ1n) is 9.38. The maximum atomic E-state index is 12.5. The summed E-state index contributed by atoms with van der Waals surface area (Å²) >= 11 is 0. The Hall–Kier alpha value is -2.87. The molecule has 0 aliphatic rings. The third-order valence-corrected chi connectivity index (χ3v) is 3.93. The number of aliphatic imine (C=N–C) groups is 1. The number of halogens is 2. The van der Waals surface area contributed by atoms with Crippen molar-refractivity contribution in [1.82, 2.24) is 10.6 Å². The second-order valence-corrected chi connectivity index (χ2v) is 5.97. The van der Waals surface area contributed by atoms with Crippen LogP contribution in [0.1, 0.15) is 18.1 Å². The zero-order valence-corrected chi connectivity index (χ0v) is 16.7. The molecule has 0 fully saturated rings. The molecule has 158 valence electrons. The molecular weight excluding hydrogens is 380 g/mol. The molecule has 2 N–H and O–H groups in total. The van der Waals surface area contributed by atoms with Crippen LogP contribution in [0.4, 0.5) is 8.78 Å². The van der Waals surface area contributed by atoms with Gasteiger partial charge in [-0.15, -0.1) is 0 Å². The van der Waals surface area contributed by atoms with Crippen LogP contribution in [0, 0.1) is 0 Å². The highest BCUT2D eigenvalue weighted by atomic mass is 19.3. The minimum absolute atomic E-state index is 0.127. The van der Waals surface area contributed by atoms with Gasteiger partial charge in [0.1, 0.15) is 11.5 Å². The number of nitrogens with zero attached hydrogens (tertiary/aromatic N) is 1. The lowest BCUT2D eigenvalue weighted by molar-refractivity contribution is -0.0504. The van der Waals surface area contributed by atoms with Crippen molar-refractivity contribution < 1.29 is 23.0 Å². The van der Waals surface area contributed by atoms with Crippen LogP contribution in [0.2, 0.25) is 0 Å². The number of hydrogen-bond donors (Lipinski definition) is 2. The normalized spacial score (nSPS) is 11.4. The first-order chi connectivity index (χ1) is 14.1. The minimum atomic E-state index is -2.87. The summed E-state index contributed by atoms with van der Waals surface area (Å²) < 4.78 is 40.6. The molecule has 0 radical (unpaired) electrons. The Morgan fingerprint density at radius 1 is 1.00 bits per heavy atom. The molecule has 0 atom stereocenters. The molecule has 8 heteroatoms. The molecule has 0 aliphatic carbocycles. The molecule has 0 unspecified atom stereocenters. The van der Waals surface area contributed by atoms with E-state index in [0.717, 1.165) is 11.3 Å². The van der Waals surface area contributed by atoms with E-state index in [1.54, 1.807) is 25.3 Å². The van der Waals surface area contributed by atoms with Gasteiger partial charge in [-0.05, 0) is 19.1 Å². The molecule has 0 amide bonds. The molecule has 29 heavy (non-hydrogen) atoms. The van der Waals surface area contributed by atoms with Gasteiger partial charge in [0.15, 0.2) is 5.96 Å². The number of hydrogen-bond acceptors (Lipinski definition) is 4. The summed E-state index contributed by atoms with van der Waals surface area (Å²) in [4.78, 5) is 4.43. The Morgan fingerprint density at radius 3 is 2.38 bits per heavy atom. The van der Waals surface area contributed by atoms with E-state index in [-0.39, 0.29) is 12.3 Å². The van der Waals surface area contributed by atoms with E-state index in [9.17, 15) is 8.78 Å². The van der Waals surface area contributed by atoms with Crippen molar-refractivity contribution in [3.8, 4) is 11.5 Å². The van der Waals surface area contributed by atoms with Crippen LogP contribution in [0.15, 0.2) is 53.5 Å². The Labute approximate surface area is 169 Å². The van der Waals surface area contributed by atoms with Gasteiger partial charge < -0.3 is 24.8 Å². The number of nitrogens with one attached hydrogen (secondary N) is 2. The number of guanidine groups is 1. The Morgan fingerprint density at radius 2 is 1.69 bits per heavy atom. The minimum Gasteiger partial charge on any atom is -0.496 e. The van der Waals surface area contributed by atoms with Crippen molar-refractivity contribution in [2.24, 2.45) is 4.99 Å². The molecular formula is C21H27F2N3O3. The zero-order chi connectivity index (χ0) is 20.9. The second kappa shape index (κ2) is 12.6. The Balaban J connectivity index is 1.84. The summed E-state index contributed by atoms with van der Waals surface area (Å²) in [5, 5.41) is 6.27. The van der Waals surface area contributed by atoms with Crippen LogP contribution in [0.25, 0.3) is 0 Å². The number of ether oxygens (including phenoxy) is 3. The van der Waals surface area contributed by atoms with Crippen molar-refractivity contribution in [2.45, 2.75) is 26.7 Å². The standard InChI is InChI=1S/C21H27F2N3O3/c1-3-24-21(26-14-16-8-4-7-11-19(16)29-20(22)23)25-12-13-28-15-17-9-5-6-10-18(17)27-2/h4-11,20H,3,12-15H2,1-2H3,(H2,24,25,26). The molecule has 2 aromatic rings. The molecule has 2 aromatic carbocycles. The molecule has 0 aliphatic heterocycles. The van der Waals surface area contributed by atoms with Crippen LogP contribution in [-0.4, -0.2) is 39.4 Å². The number of methoxy groups -OCH3 is 1. The lowest BCUT2D eigenvalue weighted by Crippen LogP contribution is -2.39. The van der Waals surface area contributed by atoms with Crippen molar-refractivity contribution in [3.63, 3.8) is 0 Å². The summed E-state index contributed by atoms with van der Waals surface area (Å²) in [5.41, 5.74) is 1.56. The first-order valence-corrected chi connectivity index (χ1v) is 9.38. The van der Waals surface area contributed by atoms with Gasteiger partial charge in [-0.3, -0.25) is 0 Å². The average molecular weight is 407 g/mol. The maximum Gasteiger partial charge on any atom is 0.387 e. The van der Waals surface area contributed by atoms with Gasteiger partial charge in [0.05, 0.1) is 26.9 Å². The number of para-hydroxylation sites is 2. The molecule has 0 saturated heterocycles. The van der Waals surface area contributed by atoms with Crippen LogP contribution >= 0.6 is 0 Å². The van der Waals surface area contributed by atoms with Crippen molar-refractivity contribution in [2.75, 3.05) is 26.8 Å². The van der Waals surface area contributed by atoms with Crippen LogP contribution in [-0.2, 0) is 17.9 Å². The quantitative estimate of drug-likeness (QED) is 0.339. The van der Waals surface area contributed by atoms with Gasteiger partial charge in [0, 0.05) is 24.2 Å². The van der Waals surface area contributed by atoms with Gasteiger partial charge in [0.2, 0.25) is 0 Å². The van der Waals surface area contributed by atoms with E-state index in [2.05, 4.69) is 20.4 Å². The van der Waals surface area contributed by atoms with Crippen molar-refractivity contribution in [3.05, 3.63) is 59.7 Å². The number of benzene rings is 2. The van der Waals surface area contributed by atoms with Gasteiger partial charge in [-0.25, -0.2) is 4.99 Å². The highest BCUT2D eigenvalue weighted by Gasteiger charge is 2.09. The largest absolute Gasteiger partial charge is 0.496 e. The average Bonchev–Trinajstić information content (AvgIpc) is 2.72. The predicted octanol–water partition coefficient (Wildman–Crippen LogP) is 3.57. The smallest absolute Gasteiger partial charge is 0.387 e. The fourth-order valence-electron chi connectivity index (χ4n) is 2.60. The summed E-state index contributed by atoms with van der Waals surface area (Å²) in [6, 6.07) is 14.3. The van der Waals surface area contributed by atoms with Crippen LogP contribution in [0.3, 0.4) is 0 Å². The lowest BCUT2D eigenvalue weighted by atomic mass is 10.2. The summed E-state index contributed by atoms with van der Waals surface area (Å²) in [5.74, 6) is 1.49. The monoisotopic (exact) mass is 407 g/mol. The first kappa shape index (κ1) is 22.4. The molecule has 0 bridgehead atoms. The Bertz CT molecular complexity index is 772. The topological polar surface area (TPSA) is 64.1 Å². The fraction of sp³-hybridized carbons (Fsp3) is 0.381. The van der Waals surface area contributed by atoms with E-state index in [1.807, 2.05) is 31.2 Å². The summed E-state index contributed by atoms with van der Waals surface area (Å²) in [6.45, 7) is 1.40. The third kappa shape index (κ3) is 7.95. The van der Waals surface area contributed by atoms with Gasteiger partial charge in [-0.2, -0.15) is 8.78 Å². The summed E-state index contributed by atoms with van der Waals surface area (Å²) in [6.07, 6.45) is 0. The molecule has 0 aromatic heterocycles. The van der Waals surface area contributed by atoms with E-state index < -0.39 is 6.61 Å². The highest BCUT2D eigenvalue weighted by molar-refractivity contribution is 5.79. The highest BCUT2D eigenvalue weighted by Crippen LogP contribution is 2.21. The molecule has 0 saturated carbocycles. The van der Waals surface area contributed by atoms with Crippen molar-refractivity contribution in [1.29, 1.82) is 0 Å². The van der Waals surface area contributed by atoms with Gasteiger partial charge in [-0.1, -0.05) is 36.4 Å². The SMILES string of the molecule is CCNC(=NCc1ccccc1OC(F)F)NCCOCc1ccccc1OC. The van der Waals surface area contributed by atoms with E-state index in [4.69, 9.17) is 9.47 Å². The number of rotatable bonds is 11. The maximum absolute atomic E-state index is 12.5. The lowest BCUT2D eigenvalue weighted by Gasteiger charge is -2.13. The Kier molecular flexibility index (Phi) is 9.71. The van der Waals surface area contributed by atoms with E-state index >= 15 is 0 Å². The number of alkyl halides is 2. The summed E-state index contributed by atoms with van der Waals surface area (Å²) in [7, 11) is 1.63. The second-order valence-electron chi connectivity index (χ2n) is 5.97. The molecule has 0 spiro atoms. The zero-order valence-electron chi connectivity index (χ0n) is 16.7. The van der Waals surface area contributed by atoms with Crippen LogP contribution < -0.4 is 20.1 Å². The third-order valence-electron chi connectivity index (χ3n) is 3.93. The van der Waals surface area contributed by atoms with Crippen LogP contribution in [0.5, 0.6) is 11.5 Å². The molecule has 0 heterocycles. The van der Waals surface area contributed by atoms with E-state index in [0.29, 0.717) is 37.8 Å². The predicted molar refractivity (Wildman–Crippen MR) is 109 cm³/mol. The van der Waals surface area contributed by atoms with Gasteiger partial charge >= 0.3 is 6.61 Å². The molecule has 6 nitrogen and oxygen atoms in total. The fourth-order valence-corrected chi connectivity index (χ4v) is 2.60. The van der Waals surface area contributed by atoms with Gasteiger partial charge in [0.25, 0.3) is 0 Å². The molecule has 2 rings (SSSR count). The van der Waals surface area contributed by atoms with E-state index in [1.165, 1.54) is 6.07 Å².